The molecule has 2 aromatic rings. The van der Waals surface area contributed by atoms with Gasteiger partial charge in [-0.25, -0.2) is 0 Å². The molecule has 0 aliphatic rings. The number of aliphatic hydroxyl groups excluding tert-OH is 1. The van der Waals surface area contributed by atoms with Crippen molar-refractivity contribution < 1.29 is 9.84 Å². The van der Waals surface area contributed by atoms with Crippen LogP contribution >= 0.6 is 27.3 Å². The summed E-state index contributed by atoms with van der Waals surface area (Å²) < 4.78 is 6.22. The summed E-state index contributed by atoms with van der Waals surface area (Å²) in [5, 5.41) is 10.3. The Labute approximate surface area is 113 Å². The lowest BCUT2D eigenvalue weighted by molar-refractivity contribution is 0.223. The average molecular weight is 313 g/mol. The van der Waals surface area contributed by atoms with Crippen LogP contribution in [0.25, 0.3) is 0 Å². The van der Waals surface area contributed by atoms with Crippen LogP contribution in [-0.4, -0.2) is 12.2 Å². The molecule has 90 valence electrons. The number of hydrogen-bond donors (Lipinski definition) is 1. The van der Waals surface area contributed by atoms with Crippen molar-refractivity contribution in [1.29, 1.82) is 0 Å². The molecule has 0 fully saturated rings. The maximum atomic E-state index is 10.3. The summed E-state index contributed by atoms with van der Waals surface area (Å²) in [5.74, 6) is 0.758. The molecular weight excluding hydrogens is 300 g/mol. The van der Waals surface area contributed by atoms with Gasteiger partial charge in [0, 0.05) is 4.88 Å². The highest BCUT2D eigenvalue weighted by atomic mass is 79.9. The van der Waals surface area contributed by atoms with Gasteiger partial charge in [-0.2, -0.15) is 0 Å². The zero-order valence-electron chi connectivity index (χ0n) is 9.61. The third kappa shape index (κ3) is 2.70. The second-order valence-electron chi connectivity index (χ2n) is 3.78. The van der Waals surface area contributed by atoms with Crippen LogP contribution in [0.5, 0.6) is 5.75 Å². The summed E-state index contributed by atoms with van der Waals surface area (Å²) in [6.07, 6.45) is -0.597. The maximum absolute atomic E-state index is 10.3. The maximum Gasteiger partial charge on any atom is 0.119 e. The first-order chi connectivity index (χ1) is 8.11. The predicted octanol–water partition coefficient (Wildman–Crippen LogP) is 3.91. The van der Waals surface area contributed by atoms with Crippen molar-refractivity contribution in [3.05, 3.63) is 50.1 Å². The lowest BCUT2D eigenvalue weighted by Gasteiger charge is -2.10. The van der Waals surface area contributed by atoms with E-state index < -0.39 is 6.10 Å². The molecule has 0 amide bonds. The number of aliphatic hydroxyl groups is 1. The number of aryl methyl sites for hydroxylation is 1. The number of thiophene rings is 1. The molecule has 0 radical (unpaired) electrons. The standard InChI is InChI=1S/C13H13BrO2S/c1-8-6-11(17-13(8)14)12(15)9-4-3-5-10(7-9)16-2/h3-7,12,15H,1-2H3. The van der Waals surface area contributed by atoms with Crippen LogP contribution in [-0.2, 0) is 0 Å². The van der Waals surface area contributed by atoms with E-state index in [0.717, 1.165) is 25.5 Å². The summed E-state index contributed by atoms with van der Waals surface area (Å²) >= 11 is 5.02. The number of hydrogen-bond acceptors (Lipinski definition) is 3. The Kier molecular flexibility index (Phi) is 3.86. The minimum atomic E-state index is -0.597. The summed E-state index contributed by atoms with van der Waals surface area (Å²) in [6, 6.07) is 9.50. The van der Waals surface area contributed by atoms with E-state index in [1.165, 1.54) is 0 Å². The molecule has 1 aromatic heterocycles. The van der Waals surface area contributed by atoms with E-state index in [0.29, 0.717) is 0 Å². The first-order valence-corrected chi connectivity index (χ1v) is 6.80. The average Bonchev–Trinajstić information content (AvgIpc) is 2.69. The van der Waals surface area contributed by atoms with E-state index in [4.69, 9.17) is 4.74 Å². The van der Waals surface area contributed by atoms with E-state index in [9.17, 15) is 5.11 Å². The molecular formula is C13H13BrO2S. The van der Waals surface area contributed by atoms with Crippen molar-refractivity contribution in [2.75, 3.05) is 7.11 Å². The van der Waals surface area contributed by atoms with Crippen LogP contribution < -0.4 is 4.74 Å². The van der Waals surface area contributed by atoms with Crippen LogP contribution in [0.4, 0.5) is 0 Å². The molecule has 0 spiro atoms. The lowest BCUT2D eigenvalue weighted by Crippen LogP contribution is -1.97. The minimum Gasteiger partial charge on any atom is -0.497 e. The Bertz CT molecular complexity index is 502. The molecule has 1 heterocycles. The van der Waals surface area contributed by atoms with Gasteiger partial charge in [-0.15, -0.1) is 11.3 Å². The van der Waals surface area contributed by atoms with Crippen molar-refractivity contribution in [2.24, 2.45) is 0 Å². The van der Waals surface area contributed by atoms with Gasteiger partial charge in [0.15, 0.2) is 0 Å². The molecule has 2 nitrogen and oxygen atoms in total. The highest BCUT2D eigenvalue weighted by Gasteiger charge is 2.14. The molecule has 1 aromatic carbocycles. The van der Waals surface area contributed by atoms with Gasteiger partial charge < -0.3 is 9.84 Å². The van der Waals surface area contributed by atoms with Gasteiger partial charge in [0.25, 0.3) is 0 Å². The number of rotatable bonds is 3. The third-order valence-electron chi connectivity index (χ3n) is 2.56. The monoisotopic (exact) mass is 312 g/mol. The van der Waals surface area contributed by atoms with Gasteiger partial charge in [-0.05, 0) is 52.2 Å². The van der Waals surface area contributed by atoms with Gasteiger partial charge in [0.05, 0.1) is 10.9 Å². The van der Waals surface area contributed by atoms with Gasteiger partial charge in [-0.1, -0.05) is 12.1 Å². The first kappa shape index (κ1) is 12.6. The zero-order valence-corrected chi connectivity index (χ0v) is 12.0. The topological polar surface area (TPSA) is 29.5 Å². The molecule has 4 heteroatoms. The van der Waals surface area contributed by atoms with E-state index in [2.05, 4.69) is 15.9 Å². The van der Waals surface area contributed by atoms with Crippen molar-refractivity contribution >= 4 is 27.3 Å². The second-order valence-corrected chi connectivity index (χ2v) is 6.19. The normalized spacial score (nSPS) is 12.5. The van der Waals surface area contributed by atoms with Crippen LogP contribution in [0.15, 0.2) is 34.1 Å². The summed E-state index contributed by atoms with van der Waals surface area (Å²) in [6.45, 7) is 2.02. The largest absolute Gasteiger partial charge is 0.497 e. The highest BCUT2D eigenvalue weighted by Crippen LogP contribution is 2.34. The molecule has 0 bridgehead atoms. The van der Waals surface area contributed by atoms with Crippen LogP contribution in [0.1, 0.15) is 22.1 Å². The molecule has 0 aliphatic heterocycles. The fourth-order valence-corrected chi connectivity index (χ4v) is 3.18. The van der Waals surface area contributed by atoms with E-state index >= 15 is 0 Å². The number of halogens is 1. The SMILES string of the molecule is COc1cccc(C(O)c2cc(C)c(Br)s2)c1. The molecule has 0 saturated heterocycles. The zero-order chi connectivity index (χ0) is 12.4. The van der Waals surface area contributed by atoms with E-state index in [1.807, 2.05) is 37.3 Å². The molecule has 1 atom stereocenters. The second kappa shape index (κ2) is 5.21. The van der Waals surface area contributed by atoms with Crippen molar-refractivity contribution in [1.82, 2.24) is 0 Å². The van der Waals surface area contributed by atoms with Crippen LogP contribution in [0.3, 0.4) is 0 Å². The Hall–Kier alpha value is -0.840. The molecule has 0 aliphatic carbocycles. The van der Waals surface area contributed by atoms with Crippen molar-refractivity contribution in [3.63, 3.8) is 0 Å². The smallest absolute Gasteiger partial charge is 0.119 e. The summed E-state index contributed by atoms with van der Waals surface area (Å²) in [4.78, 5) is 0.933. The van der Waals surface area contributed by atoms with Gasteiger partial charge in [0.2, 0.25) is 0 Å². The Morgan fingerprint density at radius 2 is 2.12 bits per heavy atom. The summed E-state index contributed by atoms with van der Waals surface area (Å²) in [7, 11) is 1.62. The molecule has 1 unspecified atom stereocenters. The third-order valence-corrected chi connectivity index (χ3v) is 4.74. The fourth-order valence-electron chi connectivity index (χ4n) is 1.59. The lowest BCUT2D eigenvalue weighted by atomic mass is 10.1. The van der Waals surface area contributed by atoms with Crippen molar-refractivity contribution in [2.45, 2.75) is 13.0 Å². The minimum absolute atomic E-state index is 0.597. The Morgan fingerprint density at radius 1 is 1.35 bits per heavy atom. The number of benzene rings is 1. The van der Waals surface area contributed by atoms with E-state index in [1.54, 1.807) is 18.4 Å². The Morgan fingerprint density at radius 3 is 2.71 bits per heavy atom. The molecule has 17 heavy (non-hydrogen) atoms. The quantitative estimate of drug-likeness (QED) is 0.931. The van der Waals surface area contributed by atoms with Crippen LogP contribution in [0.2, 0.25) is 0 Å². The van der Waals surface area contributed by atoms with Crippen LogP contribution in [0, 0.1) is 6.92 Å². The van der Waals surface area contributed by atoms with Gasteiger partial charge >= 0.3 is 0 Å². The Balaban J connectivity index is 2.32. The van der Waals surface area contributed by atoms with E-state index in [-0.39, 0.29) is 0 Å². The summed E-state index contributed by atoms with van der Waals surface area (Å²) in [5.41, 5.74) is 1.99. The molecule has 0 saturated carbocycles. The first-order valence-electron chi connectivity index (χ1n) is 5.19. The number of methoxy groups -OCH3 is 1. The fraction of sp³-hybridized carbons (Fsp3) is 0.231. The number of ether oxygens (including phenoxy) is 1. The molecule has 1 N–H and O–H groups in total. The van der Waals surface area contributed by atoms with Gasteiger partial charge in [-0.3, -0.25) is 0 Å². The predicted molar refractivity (Wildman–Crippen MR) is 73.8 cm³/mol. The molecule has 2 rings (SSSR count). The highest BCUT2D eigenvalue weighted by molar-refractivity contribution is 9.11. The van der Waals surface area contributed by atoms with Gasteiger partial charge in [0.1, 0.15) is 11.9 Å². The van der Waals surface area contributed by atoms with Crippen molar-refractivity contribution in [3.8, 4) is 5.75 Å².